The predicted molar refractivity (Wildman–Crippen MR) is 106 cm³/mol. The van der Waals surface area contributed by atoms with Crippen LogP contribution < -0.4 is 15.4 Å². The third kappa shape index (κ3) is 4.61. The summed E-state index contributed by atoms with van der Waals surface area (Å²) in [7, 11) is 1.48. The number of benzene rings is 1. The number of carbonyl (C=O) groups is 2. The summed E-state index contributed by atoms with van der Waals surface area (Å²) in [5, 5.41) is 7.79. The average molecular weight is 409 g/mol. The number of amides is 2. The Balaban J connectivity index is 1.66. The minimum atomic E-state index is -0.760. The Bertz CT molecular complexity index is 804. The minimum absolute atomic E-state index is 0.198. The van der Waals surface area contributed by atoms with Crippen LogP contribution in [0, 0.1) is 0 Å². The van der Waals surface area contributed by atoms with Crippen LogP contribution in [0.5, 0.6) is 5.75 Å². The van der Waals surface area contributed by atoms with Crippen LogP contribution in [0.25, 0.3) is 0 Å². The van der Waals surface area contributed by atoms with Crippen molar-refractivity contribution in [2.45, 2.75) is 18.3 Å². The molecule has 2 N–H and O–H groups in total. The molecule has 0 radical (unpaired) electrons. The lowest BCUT2D eigenvalue weighted by molar-refractivity contribution is -0.136. The number of nitrogens with one attached hydrogen (secondary N) is 2. The summed E-state index contributed by atoms with van der Waals surface area (Å²) in [6.07, 6.45) is 1.61. The lowest BCUT2D eigenvalue weighted by atomic mass is 9.78. The van der Waals surface area contributed by atoms with Gasteiger partial charge in [0.1, 0.15) is 5.75 Å². The van der Waals surface area contributed by atoms with Gasteiger partial charge in [0.2, 0.25) is 0 Å². The molecule has 0 unspecified atom stereocenters. The molecule has 1 aliphatic rings. The molecule has 1 aliphatic heterocycles. The van der Waals surface area contributed by atoms with Crippen LogP contribution in [0.15, 0.2) is 35.7 Å². The standard InChI is InChI=1S/C19H21ClN2O4S/c1-25-15-5-4-13(20)11-14(15)22-18(24)17(23)21-12-19(6-8-26-9-7-19)16-3-2-10-27-16/h2-5,10-11H,6-9,12H2,1H3,(H,21,23)(H,22,24). The second kappa shape index (κ2) is 8.73. The molecule has 27 heavy (non-hydrogen) atoms. The smallest absolute Gasteiger partial charge is 0.313 e. The first-order valence-electron chi connectivity index (χ1n) is 8.58. The van der Waals surface area contributed by atoms with Crippen LogP contribution >= 0.6 is 22.9 Å². The summed E-state index contributed by atoms with van der Waals surface area (Å²) in [6.45, 7) is 1.66. The van der Waals surface area contributed by atoms with E-state index in [0.29, 0.717) is 36.2 Å². The fraction of sp³-hybridized carbons (Fsp3) is 0.368. The molecule has 1 saturated heterocycles. The normalized spacial score (nSPS) is 15.8. The largest absolute Gasteiger partial charge is 0.495 e. The summed E-state index contributed by atoms with van der Waals surface area (Å²) in [5.74, 6) is -1.02. The van der Waals surface area contributed by atoms with Gasteiger partial charge in [0.05, 0.1) is 12.8 Å². The molecule has 1 aromatic carbocycles. The van der Waals surface area contributed by atoms with Gasteiger partial charge in [0.15, 0.2) is 0 Å². The molecule has 2 heterocycles. The minimum Gasteiger partial charge on any atom is -0.495 e. The zero-order chi connectivity index (χ0) is 19.3. The van der Waals surface area contributed by atoms with Crippen LogP contribution in [0.4, 0.5) is 5.69 Å². The van der Waals surface area contributed by atoms with E-state index in [-0.39, 0.29) is 5.41 Å². The molecular weight excluding hydrogens is 388 g/mol. The van der Waals surface area contributed by atoms with Crippen LogP contribution in [-0.2, 0) is 19.7 Å². The van der Waals surface area contributed by atoms with E-state index in [1.165, 1.54) is 18.1 Å². The number of hydrogen-bond donors (Lipinski definition) is 2. The molecule has 8 heteroatoms. The first kappa shape index (κ1) is 19.7. The maximum atomic E-state index is 12.4. The summed E-state index contributed by atoms with van der Waals surface area (Å²) in [4.78, 5) is 25.9. The number of ether oxygens (including phenoxy) is 2. The van der Waals surface area contributed by atoms with Crippen molar-refractivity contribution in [2.75, 3.05) is 32.2 Å². The van der Waals surface area contributed by atoms with Gasteiger partial charge in [-0.2, -0.15) is 0 Å². The molecule has 2 amide bonds. The van der Waals surface area contributed by atoms with Crippen molar-refractivity contribution in [1.29, 1.82) is 0 Å². The highest BCUT2D eigenvalue weighted by Gasteiger charge is 2.36. The molecule has 0 bridgehead atoms. The van der Waals surface area contributed by atoms with Crippen LogP contribution in [0.2, 0.25) is 5.02 Å². The van der Waals surface area contributed by atoms with Gasteiger partial charge in [0.25, 0.3) is 0 Å². The molecule has 0 spiro atoms. The van der Waals surface area contributed by atoms with Gasteiger partial charge >= 0.3 is 11.8 Å². The van der Waals surface area contributed by atoms with Crippen molar-refractivity contribution in [3.8, 4) is 5.75 Å². The maximum absolute atomic E-state index is 12.4. The Morgan fingerprint density at radius 2 is 2.04 bits per heavy atom. The third-order valence-electron chi connectivity index (χ3n) is 4.70. The quantitative estimate of drug-likeness (QED) is 0.745. The molecule has 6 nitrogen and oxygen atoms in total. The Kier molecular flexibility index (Phi) is 6.36. The third-order valence-corrected chi connectivity index (χ3v) is 6.05. The van der Waals surface area contributed by atoms with E-state index >= 15 is 0 Å². The number of carbonyl (C=O) groups excluding carboxylic acids is 2. The van der Waals surface area contributed by atoms with Crippen molar-refractivity contribution < 1.29 is 19.1 Å². The van der Waals surface area contributed by atoms with E-state index in [2.05, 4.69) is 16.7 Å². The lowest BCUT2D eigenvalue weighted by Crippen LogP contribution is -2.46. The molecule has 0 atom stereocenters. The number of halogens is 1. The van der Waals surface area contributed by atoms with Crippen molar-refractivity contribution >= 4 is 40.4 Å². The fourth-order valence-corrected chi connectivity index (χ4v) is 4.30. The van der Waals surface area contributed by atoms with Crippen molar-refractivity contribution in [2.24, 2.45) is 0 Å². The summed E-state index contributed by atoms with van der Waals surface area (Å²) in [5.41, 5.74) is 0.153. The fourth-order valence-electron chi connectivity index (χ4n) is 3.14. The molecule has 3 rings (SSSR count). The number of rotatable bonds is 5. The number of methoxy groups -OCH3 is 1. The first-order valence-corrected chi connectivity index (χ1v) is 9.84. The molecule has 0 saturated carbocycles. The average Bonchev–Trinajstić information content (AvgIpc) is 3.22. The van der Waals surface area contributed by atoms with Gasteiger partial charge in [-0.1, -0.05) is 17.7 Å². The predicted octanol–water partition coefficient (Wildman–Crippen LogP) is 3.21. The zero-order valence-electron chi connectivity index (χ0n) is 14.9. The highest BCUT2D eigenvalue weighted by molar-refractivity contribution is 7.10. The molecular formula is C19H21ClN2O4S. The van der Waals surface area contributed by atoms with Crippen molar-refractivity contribution in [1.82, 2.24) is 5.32 Å². The molecule has 1 aromatic heterocycles. The zero-order valence-corrected chi connectivity index (χ0v) is 16.5. The second-order valence-corrected chi connectivity index (χ2v) is 7.74. The van der Waals surface area contributed by atoms with E-state index in [0.717, 1.165) is 12.8 Å². The number of hydrogen-bond acceptors (Lipinski definition) is 5. The highest BCUT2D eigenvalue weighted by atomic mass is 35.5. The molecule has 144 valence electrons. The van der Waals surface area contributed by atoms with Gasteiger partial charge < -0.3 is 20.1 Å². The first-order chi connectivity index (χ1) is 13.0. The number of anilines is 1. The maximum Gasteiger partial charge on any atom is 0.313 e. The van der Waals surface area contributed by atoms with Gasteiger partial charge in [-0.05, 0) is 42.5 Å². The lowest BCUT2D eigenvalue weighted by Gasteiger charge is -2.36. The summed E-state index contributed by atoms with van der Waals surface area (Å²) < 4.78 is 10.7. The van der Waals surface area contributed by atoms with E-state index in [1.54, 1.807) is 23.5 Å². The Hall–Kier alpha value is -2.09. The Morgan fingerprint density at radius 1 is 1.26 bits per heavy atom. The van der Waals surface area contributed by atoms with E-state index in [1.807, 2.05) is 11.4 Å². The van der Waals surface area contributed by atoms with Gasteiger partial charge in [0, 0.05) is 35.1 Å². The Labute approximate surface area is 166 Å². The van der Waals surface area contributed by atoms with Gasteiger partial charge in [-0.15, -0.1) is 11.3 Å². The van der Waals surface area contributed by atoms with E-state index < -0.39 is 11.8 Å². The SMILES string of the molecule is COc1ccc(Cl)cc1NC(=O)C(=O)NCC1(c2cccs2)CCOCC1. The van der Waals surface area contributed by atoms with E-state index in [4.69, 9.17) is 21.1 Å². The summed E-state index contributed by atoms with van der Waals surface area (Å²) >= 11 is 7.62. The topological polar surface area (TPSA) is 76.7 Å². The number of thiophene rings is 1. The van der Waals surface area contributed by atoms with E-state index in [9.17, 15) is 9.59 Å². The van der Waals surface area contributed by atoms with Crippen LogP contribution in [-0.4, -0.2) is 38.7 Å². The molecule has 1 fully saturated rings. The molecule has 2 aromatic rings. The Morgan fingerprint density at radius 3 is 2.70 bits per heavy atom. The van der Waals surface area contributed by atoms with Gasteiger partial charge in [-0.25, -0.2) is 0 Å². The van der Waals surface area contributed by atoms with Crippen molar-refractivity contribution in [3.63, 3.8) is 0 Å². The van der Waals surface area contributed by atoms with Crippen LogP contribution in [0.1, 0.15) is 17.7 Å². The monoisotopic (exact) mass is 408 g/mol. The van der Waals surface area contributed by atoms with Gasteiger partial charge in [-0.3, -0.25) is 9.59 Å². The summed E-state index contributed by atoms with van der Waals surface area (Å²) in [6, 6.07) is 8.88. The highest BCUT2D eigenvalue weighted by Crippen LogP contribution is 2.37. The second-order valence-electron chi connectivity index (χ2n) is 6.35. The molecule has 0 aliphatic carbocycles. The van der Waals surface area contributed by atoms with Crippen LogP contribution in [0.3, 0.4) is 0 Å². The van der Waals surface area contributed by atoms with Crippen molar-refractivity contribution in [3.05, 3.63) is 45.6 Å².